The predicted octanol–water partition coefficient (Wildman–Crippen LogP) is -0.142. The molecule has 8 nitrogen and oxygen atoms in total. The fraction of sp³-hybridized carbons (Fsp3) is 0.600. The van der Waals surface area contributed by atoms with Crippen molar-refractivity contribution in [1.82, 2.24) is 20.3 Å². The summed E-state index contributed by atoms with van der Waals surface area (Å²) in [4.78, 5) is 23.3. The number of carbonyl (C=O) groups is 1. The standard InChI is InChI=1S/C10H18N6O2/c1-6(2)18-10-15-8(12-4)14-9(16-10)13-5-7(17)11-3/h6H,5H2,1-4H3,(H,11,17)(H2,12,13,14,15,16). The van der Waals surface area contributed by atoms with Crippen LogP contribution in [0.4, 0.5) is 11.9 Å². The lowest BCUT2D eigenvalue weighted by Gasteiger charge is -2.10. The van der Waals surface area contributed by atoms with E-state index in [9.17, 15) is 4.79 Å². The van der Waals surface area contributed by atoms with Crippen LogP contribution in [0.5, 0.6) is 6.01 Å². The molecule has 0 saturated heterocycles. The molecule has 1 rings (SSSR count). The Morgan fingerprint density at radius 2 is 1.89 bits per heavy atom. The molecule has 0 unspecified atom stereocenters. The highest BCUT2D eigenvalue weighted by molar-refractivity contribution is 5.79. The summed E-state index contributed by atoms with van der Waals surface area (Å²) in [5.41, 5.74) is 0. The largest absolute Gasteiger partial charge is 0.461 e. The van der Waals surface area contributed by atoms with Crippen LogP contribution < -0.4 is 20.7 Å². The third-order valence-corrected chi connectivity index (χ3v) is 1.87. The monoisotopic (exact) mass is 254 g/mol. The Kier molecular flexibility index (Phi) is 5.09. The van der Waals surface area contributed by atoms with E-state index >= 15 is 0 Å². The Bertz CT molecular complexity index is 409. The van der Waals surface area contributed by atoms with Crippen LogP contribution in [0.3, 0.4) is 0 Å². The summed E-state index contributed by atoms with van der Waals surface area (Å²) < 4.78 is 5.39. The van der Waals surface area contributed by atoms with Crippen LogP contribution in [-0.2, 0) is 4.79 Å². The van der Waals surface area contributed by atoms with Gasteiger partial charge in [-0.25, -0.2) is 0 Å². The fourth-order valence-corrected chi connectivity index (χ4v) is 1.06. The van der Waals surface area contributed by atoms with Crippen LogP contribution in [0.15, 0.2) is 0 Å². The molecule has 0 aliphatic heterocycles. The molecule has 0 aliphatic carbocycles. The number of amides is 1. The molecule has 3 N–H and O–H groups in total. The maximum atomic E-state index is 11.1. The fourth-order valence-electron chi connectivity index (χ4n) is 1.06. The molecule has 0 aliphatic rings. The van der Waals surface area contributed by atoms with Crippen LogP contribution in [0.25, 0.3) is 0 Å². The number of hydrogen-bond donors (Lipinski definition) is 3. The first-order chi connectivity index (χ1) is 8.55. The molecule has 0 spiro atoms. The first-order valence-electron chi connectivity index (χ1n) is 5.60. The molecule has 0 bridgehead atoms. The summed E-state index contributed by atoms with van der Waals surface area (Å²) in [6, 6.07) is 0.212. The van der Waals surface area contributed by atoms with Crippen LogP contribution in [0.2, 0.25) is 0 Å². The lowest BCUT2D eigenvalue weighted by atomic mass is 10.5. The topological polar surface area (TPSA) is 101 Å². The number of hydrogen-bond acceptors (Lipinski definition) is 7. The third-order valence-electron chi connectivity index (χ3n) is 1.87. The summed E-state index contributed by atoms with van der Waals surface area (Å²) in [6.07, 6.45) is -0.0381. The van der Waals surface area contributed by atoms with Gasteiger partial charge in [-0.2, -0.15) is 15.0 Å². The molecule has 0 aromatic carbocycles. The molecule has 0 saturated carbocycles. The van der Waals surface area contributed by atoms with Crippen LogP contribution >= 0.6 is 0 Å². The zero-order chi connectivity index (χ0) is 13.5. The first kappa shape index (κ1) is 13.9. The highest BCUT2D eigenvalue weighted by atomic mass is 16.5. The number of ether oxygens (including phenoxy) is 1. The van der Waals surface area contributed by atoms with E-state index in [4.69, 9.17) is 4.74 Å². The van der Waals surface area contributed by atoms with E-state index in [1.807, 2.05) is 13.8 Å². The smallest absolute Gasteiger partial charge is 0.323 e. The number of aromatic nitrogens is 3. The number of carbonyl (C=O) groups excluding carboxylic acids is 1. The van der Waals surface area contributed by atoms with E-state index in [1.54, 1.807) is 14.1 Å². The third kappa shape index (κ3) is 4.40. The average Bonchev–Trinajstić information content (AvgIpc) is 2.34. The van der Waals surface area contributed by atoms with Gasteiger partial charge in [0.1, 0.15) is 0 Å². The van der Waals surface area contributed by atoms with Gasteiger partial charge in [-0.15, -0.1) is 0 Å². The molecule has 1 amide bonds. The minimum atomic E-state index is -0.159. The Morgan fingerprint density at radius 3 is 2.44 bits per heavy atom. The van der Waals surface area contributed by atoms with Crippen molar-refractivity contribution in [2.24, 2.45) is 0 Å². The van der Waals surface area contributed by atoms with Gasteiger partial charge in [0.2, 0.25) is 17.8 Å². The van der Waals surface area contributed by atoms with E-state index in [0.29, 0.717) is 5.95 Å². The van der Waals surface area contributed by atoms with Crippen LogP contribution in [-0.4, -0.2) is 47.6 Å². The number of likely N-dealkylation sites (N-methyl/N-ethyl adjacent to an activating group) is 1. The normalized spacial score (nSPS) is 10.1. The highest BCUT2D eigenvalue weighted by Crippen LogP contribution is 2.11. The van der Waals surface area contributed by atoms with E-state index in [1.165, 1.54) is 0 Å². The molecule has 0 fully saturated rings. The van der Waals surface area contributed by atoms with Crippen molar-refractivity contribution in [3.63, 3.8) is 0 Å². The SMILES string of the molecule is CNC(=O)CNc1nc(NC)nc(OC(C)C)n1. The molecule has 1 heterocycles. The van der Waals surface area contributed by atoms with E-state index < -0.39 is 0 Å². The van der Waals surface area contributed by atoms with Gasteiger partial charge in [0.05, 0.1) is 12.6 Å². The molecule has 18 heavy (non-hydrogen) atoms. The van der Waals surface area contributed by atoms with Crippen LogP contribution in [0, 0.1) is 0 Å². The van der Waals surface area contributed by atoms with E-state index in [2.05, 4.69) is 30.9 Å². The number of nitrogens with zero attached hydrogens (tertiary/aromatic N) is 3. The van der Waals surface area contributed by atoms with Crippen molar-refractivity contribution in [3.8, 4) is 6.01 Å². The molecule has 0 atom stereocenters. The number of nitrogens with one attached hydrogen (secondary N) is 3. The van der Waals surface area contributed by atoms with E-state index in [-0.39, 0.29) is 30.5 Å². The Balaban J connectivity index is 2.79. The summed E-state index contributed by atoms with van der Waals surface area (Å²) in [5, 5.41) is 8.08. The lowest BCUT2D eigenvalue weighted by molar-refractivity contribution is -0.118. The second-order valence-corrected chi connectivity index (χ2v) is 3.71. The minimum absolute atomic E-state index is 0.0381. The first-order valence-corrected chi connectivity index (χ1v) is 5.60. The Hall–Kier alpha value is -2.12. The zero-order valence-electron chi connectivity index (χ0n) is 10.9. The molecule has 100 valence electrons. The quantitative estimate of drug-likeness (QED) is 0.649. The molecule has 8 heteroatoms. The van der Waals surface area contributed by atoms with E-state index in [0.717, 1.165) is 0 Å². The van der Waals surface area contributed by atoms with Gasteiger partial charge in [0, 0.05) is 14.1 Å². The highest BCUT2D eigenvalue weighted by Gasteiger charge is 2.08. The van der Waals surface area contributed by atoms with Gasteiger partial charge < -0.3 is 20.7 Å². The second-order valence-electron chi connectivity index (χ2n) is 3.71. The zero-order valence-corrected chi connectivity index (χ0v) is 10.9. The maximum Gasteiger partial charge on any atom is 0.323 e. The van der Waals surface area contributed by atoms with Crippen molar-refractivity contribution >= 4 is 17.8 Å². The van der Waals surface area contributed by atoms with Crippen molar-refractivity contribution in [2.75, 3.05) is 31.3 Å². The van der Waals surface area contributed by atoms with Crippen molar-refractivity contribution in [2.45, 2.75) is 20.0 Å². The summed E-state index contributed by atoms with van der Waals surface area (Å²) >= 11 is 0. The second kappa shape index (κ2) is 6.58. The molecule has 0 radical (unpaired) electrons. The van der Waals surface area contributed by atoms with Crippen molar-refractivity contribution in [3.05, 3.63) is 0 Å². The summed E-state index contributed by atoms with van der Waals surface area (Å²) in [6.45, 7) is 3.84. The lowest BCUT2D eigenvalue weighted by Crippen LogP contribution is -2.27. The Labute approximate surface area is 106 Å². The number of anilines is 2. The van der Waals surface area contributed by atoms with Crippen molar-refractivity contribution in [1.29, 1.82) is 0 Å². The summed E-state index contributed by atoms with van der Waals surface area (Å²) in [7, 11) is 3.25. The maximum absolute atomic E-state index is 11.1. The van der Waals surface area contributed by atoms with Gasteiger partial charge >= 0.3 is 6.01 Å². The van der Waals surface area contributed by atoms with Crippen molar-refractivity contribution < 1.29 is 9.53 Å². The van der Waals surface area contributed by atoms with Gasteiger partial charge in [0.25, 0.3) is 0 Å². The summed E-state index contributed by atoms with van der Waals surface area (Å²) in [5.74, 6) is 0.501. The molecule has 1 aromatic heterocycles. The molecular weight excluding hydrogens is 236 g/mol. The molecule has 1 aromatic rings. The van der Waals surface area contributed by atoms with Gasteiger partial charge in [-0.1, -0.05) is 0 Å². The van der Waals surface area contributed by atoms with Crippen LogP contribution in [0.1, 0.15) is 13.8 Å². The predicted molar refractivity (Wildman–Crippen MR) is 67.7 cm³/mol. The average molecular weight is 254 g/mol. The van der Waals surface area contributed by atoms with Gasteiger partial charge in [-0.05, 0) is 13.8 Å². The minimum Gasteiger partial charge on any atom is -0.461 e. The Morgan fingerprint density at radius 1 is 1.22 bits per heavy atom. The van der Waals surface area contributed by atoms with Gasteiger partial charge in [-0.3, -0.25) is 4.79 Å². The molecular formula is C10H18N6O2. The van der Waals surface area contributed by atoms with Gasteiger partial charge in [0.15, 0.2) is 0 Å². The number of rotatable bonds is 6.